The fourth-order valence-corrected chi connectivity index (χ4v) is 3.55. The molecule has 3 aromatic rings. The van der Waals surface area contributed by atoms with Gasteiger partial charge >= 0.3 is 0 Å². The van der Waals surface area contributed by atoms with Crippen molar-refractivity contribution in [3.63, 3.8) is 0 Å². The largest absolute Gasteiger partial charge is 0.507 e. The number of amides is 2. The summed E-state index contributed by atoms with van der Waals surface area (Å²) in [6, 6.07) is 14.2. The number of hydrogen-bond donors (Lipinski definition) is 3. The number of carbonyl (C=O) groups is 2. The van der Waals surface area contributed by atoms with Gasteiger partial charge in [0.05, 0.1) is 23.0 Å². The van der Waals surface area contributed by atoms with Crippen molar-refractivity contribution in [1.82, 2.24) is 4.98 Å². The number of pyridine rings is 1. The van der Waals surface area contributed by atoms with Crippen molar-refractivity contribution < 1.29 is 14.7 Å². The predicted octanol–water partition coefficient (Wildman–Crippen LogP) is 2.65. The summed E-state index contributed by atoms with van der Waals surface area (Å²) in [5, 5.41) is 14.1. The molecule has 1 aliphatic heterocycles. The monoisotopic (exact) mass is 376 g/mol. The van der Waals surface area contributed by atoms with Crippen molar-refractivity contribution >= 4 is 34.1 Å². The van der Waals surface area contributed by atoms with Gasteiger partial charge in [-0.2, -0.15) is 0 Å². The van der Waals surface area contributed by atoms with Crippen LogP contribution in [-0.2, 0) is 4.79 Å². The smallest absolute Gasteiger partial charge is 0.252 e. The molecule has 1 atom stereocenters. The number of nitrogens with two attached hydrogens (primary N) is 1. The first kappa shape index (κ1) is 17.8. The standard InChI is InChI=1S/C21H20N4O3/c1-21(24-14-6-7-16(19(22)27)18(26)11-14)8-9-25(20(21)28)15-10-13-4-2-3-5-17(13)23-12-15/h2-7,10-12,24,26H,8-9H2,1H3,(H2,22,27)/t21-/m1/s1. The zero-order valence-corrected chi connectivity index (χ0v) is 15.3. The third-order valence-corrected chi connectivity index (χ3v) is 5.12. The van der Waals surface area contributed by atoms with E-state index in [4.69, 9.17) is 5.73 Å². The predicted molar refractivity (Wildman–Crippen MR) is 107 cm³/mol. The molecule has 0 radical (unpaired) electrons. The van der Waals surface area contributed by atoms with Gasteiger partial charge in [0.2, 0.25) is 0 Å². The Morgan fingerprint density at radius 1 is 1.25 bits per heavy atom. The van der Waals surface area contributed by atoms with Gasteiger partial charge in [0, 0.05) is 23.7 Å². The Hall–Kier alpha value is -3.61. The van der Waals surface area contributed by atoms with Crippen molar-refractivity contribution in [1.29, 1.82) is 0 Å². The molecule has 2 aromatic carbocycles. The van der Waals surface area contributed by atoms with Crippen LogP contribution in [0.4, 0.5) is 11.4 Å². The third-order valence-electron chi connectivity index (χ3n) is 5.12. The Kier molecular flexibility index (Phi) is 4.15. The molecule has 7 nitrogen and oxygen atoms in total. The number of carbonyl (C=O) groups excluding carboxylic acids is 2. The lowest BCUT2D eigenvalue weighted by atomic mass is 9.99. The Bertz CT molecular complexity index is 1100. The van der Waals surface area contributed by atoms with Gasteiger partial charge in [0.25, 0.3) is 11.8 Å². The van der Waals surface area contributed by atoms with E-state index < -0.39 is 11.4 Å². The summed E-state index contributed by atoms with van der Waals surface area (Å²) in [7, 11) is 0. The molecule has 2 heterocycles. The van der Waals surface area contributed by atoms with Crippen molar-refractivity contribution in [2.24, 2.45) is 5.73 Å². The van der Waals surface area contributed by atoms with E-state index in [2.05, 4.69) is 10.3 Å². The van der Waals surface area contributed by atoms with Crippen molar-refractivity contribution in [3.8, 4) is 5.75 Å². The van der Waals surface area contributed by atoms with Crippen LogP contribution in [-0.4, -0.2) is 34.0 Å². The Balaban J connectivity index is 1.58. The summed E-state index contributed by atoms with van der Waals surface area (Å²) in [6.07, 6.45) is 2.29. The molecule has 28 heavy (non-hydrogen) atoms. The summed E-state index contributed by atoms with van der Waals surface area (Å²) >= 11 is 0. The third kappa shape index (κ3) is 3.00. The van der Waals surface area contributed by atoms with Crippen LogP contribution in [0.25, 0.3) is 10.9 Å². The number of benzene rings is 2. The lowest BCUT2D eigenvalue weighted by Crippen LogP contribution is -2.44. The molecule has 7 heteroatoms. The minimum absolute atomic E-state index is 0.0392. The van der Waals surface area contributed by atoms with Gasteiger partial charge in [-0.05, 0) is 37.6 Å². The number of aromatic hydroxyl groups is 1. The Labute approximate surface area is 161 Å². The van der Waals surface area contributed by atoms with E-state index in [0.717, 1.165) is 16.6 Å². The number of phenols is 1. The van der Waals surface area contributed by atoms with Crippen LogP contribution in [0.15, 0.2) is 54.7 Å². The van der Waals surface area contributed by atoms with Crippen molar-refractivity contribution in [2.75, 3.05) is 16.8 Å². The summed E-state index contributed by atoms with van der Waals surface area (Å²) in [4.78, 5) is 30.5. The highest BCUT2D eigenvalue weighted by Crippen LogP contribution is 2.33. The zero-order valence-electron chi connectivity index (χ0n) is 15.3. The number of anilines is 2. The number of primary amides is 1. The van der Waals surface area contributed by atoms with Gasteiger partial charge in [0.15, 0.2) is 0 Å². The summed E-state index contributed by atoms with van der Waals surface area (Å²) < 4.78 is 0. The molecule has 4 rings (SSSR count). The molecule has 1 aliphatic rings. The second kappa shape index (κ2) is 6.53. The molecule has 0 spiro atoms. The first-order valence-electron chi connectivity index (χ1n) is 8.95. The van der Waals surface area contributed by atoms with E-state index in [1.165, 1.54) is 12.1 Å². The molecule has 2 amide bonds. The summed E-state index contributed by atoms with van der Waals surface area (Å²) in [5.41, 5.74) is 6.58. The van der Waals surface area contributed by atoms with Gasteiger partial charge in [-0.3, -0.25) is 14.6 Å². The summed E-state index contributed by atoms with van der Waals surface area (Å²) in [6.45, 7) is 2.37. The quantitative estimate of drug-likeness (QED) is 0.649. The molecule has 0 saturated carbocycles. The molecule has 1 saturated heterocycles. The molecular formula is C21H20N4O3. The molecule has 0 bridgehead atoms. The fourth-order valence-electron chi connectivity index (χ4n) is 3.55. The first-order valence-corrected chi connectivity index (χ1v) is 8.95. The normalized spacial score (nSPS) is 19.2. The number of nitrogens with one attached hydrogen (secondary N) is 1. The number of rotatable bonds is 4. The maximum Gasteiger partial charge on any atom is 0.252 e. The SMILES string of the molecule is C[C@@]1(Nc2ccc(C(N)=O)c(O)c2)CCN(c2cnc3ccccc3c2)C1=O. The first-order chi connectivity index (χ1) is 13.4. The molecular weight excluding hydrogens is 356 g/mol. The van der Waals surface area contributed by atoms with Gasteiger partial charge in [-0.1, -0.05) is 18.2 Å². The second-order valence-corrected chi connectivity index (χ2v) is 7.15. The maximum absolute atomic E-state index is 13.1. The lowest BCUT2D eigenvalue weighted by molar-refractivity contribution is -0.120. The molecule has 142 valence electrons. The van der Waals surface area contributed by atoms with Crippen LogP contribution in [0.5, 0.6) is 5.75 Å². The van der Waals surface area contributed by atoms with Crippen LogP contribution >= 0.6 is 0 Å². The molecule has 0 unspecified atom stereocenters. The molecule has 0 aliphatic carbocycles. The zero-order chi connectivity index (χ0) is 19.9. The highest BCUT2D eigenvalue weighted by Gasteiger charge is 2.43. The van der Waals surface area contributed by atoms with Crippen LogP contribution in [0.1, 0.15) is 23.7 Å². The van der Waals surface area contributed by atoms with Crippen molar-refractivity contribution in [2.45, 2.75) is 18.9 Å². The van der Waals surface area contributed by atoms with E-state index in [1.54, 1.807) is 17.2 Å². The lowest BCUT2D eigenvalue weighted by Gasteiger charge is -2.26. The molecule has 1 fully saturated rings. The highest BCUT2D eigenvalue weighted by atomic mass is 16.3. The Morgan fingerprint density at radius 2 is 2.04 bits per heavy atom. The molecule has 4 N–H and O–H groups in total. The highest BCUT2D eigenvalue weighted by molar-refractivity contribution is 6.05. The minimum atomic E-state index is -0.841. The van der Waals surface area contributed by atoms with Gasteiger partial charge in [0.1, 0.15) is 11.3 Å². The second-order valence-electron chi connectivity index (χ2n) is 7.15. The van der Waals surface area contributed by atoms with Gasteiger partial charge in [-0.15, -0.1) is 0 Å². The van der Waals surface area contributed by atoms with Crippen LogP contribution in [0, 0.1) is 0 Å². The average molecular weight is 376 g/mol. The van der Waals surface area contributed by atoms with Gasteiger partial charge < -0.3 is 21.1 Å². The average Bonchev–Trinajstić information content (AvgIpc) is 2.96. The van der Waals surface area contributed by atoms with E-state index in [-0.39, 0.29) is 17.2 Å². The topological polar surface area (TPSA) is 109 Å². The van der Waals surface area contributed by atoms with Crippen LogP contribution in [0.2, 0.25) is 0 Å². The summed E-state index contributed by atoms with van der Waals surface area (Å²) in [5.74, 6) is -1.01. The molecule has 1 aromatic heterocycles. The van der Waals surface area contributed by atoms with E-state index in [9.17, 15) is 14.7 Å². The minimum Gasteiger partial charge on any atom is -0.507 e. The van der Waals surface area contributed by atoms with E-state index in [1.807, 2.05) is 37.3 Å². The van der Waals surface area contributed by atoms with Crippen LogP contribution < -0.4 is 16.0 Å². The van der Waals surface area contributed by atoms with Crippen molar-refractivity contribution in [3.05, 3.63) is 60.3 Å². The number of aromatic nitrogens is 1. The number of fused-ring (bicyclic) bond motifs is 1. The van der Waals surface area contributed by atoms with Crippen LogP contribution in [0.3, 0.4) is 0 Å². The Morgan fingerprint density at radius 3 is 2.79 bits per heavy atom. The van der Waals surface area contributed by atoms with Gasteiger partial charge in [-0.25, -0.2) is 0 Å². The maximum atomic E-state index is 13.1. The van der Waals surface area contributed by atoms with E-state index in [0.29, 0.717) is 18.7 Å². The number of hydrogen-bond acceptors (Lipinski definition) is 5. The van der Waals surface area contributed by atoms with E-state index >= 15 is 0 Å². The number of para-hydroxylation sites is 1. The fraction of sp³-hybridized carbons (Fsp3) is 0.190. The number of nitrogens with zero attached hydrogens (tertiary/aromatic N) is 2.